The van der Waals surface area contributed by atoms with Crippen molar-refractivity contribution in [2.45, 2.75) is 19.3 Å². The van der Waals surface area contributed by atoms with E-state index in [9.17, 15) is 4.79 Å². The Morgan fingerprint density at radius 3 is 2.60 bits per heavy atom. The van der Waals surface area contributed by atoms with Gasteiger partial charge in [-0.3, -0.25) is 15.5 Å². The molecule has 1 saturated heterocycles. The van der Waals surface area contributed by atoms with Crippen LogP contribution in [0.3, 0.4) is 0 Å². The van der Waals surface area contributed by atoms with Crippen LogP contribution < -0.4 is 10.8 Å². The number of amides is 1. The van der Waals surface area contributed by atoms with Gasteiger partial charge in [0.15, 0.2) is 0 Å². The molecule has 86 valence electrons. The van der Waals surface area contributed by atoms with Crippen molar-refractivity contribution in [3.05, 3.63) is 12.3 Å². The second-order valence-electron chi connectivity index (χ2n) is 3.75. The van der Waals surface area contributed by atoms with Gasteiger partial charge in [0.25, 0.3) is 5.91 Å². The Balaban J connectivity index is 2.09. The molecule has 0 radical (unpaired) electrons. The Labute approximate surface area is 90.1 Å². The van der Waals surface area contributed by atoms with Crippen LogP contribution >= 0.6 is 0 Å². The van der Waals surface area contributed by atoms with Crippen LogP contribution in [0.5, 0.6) is 0 Å². The van der Waals surface area contributed by atoms with Crippen molar-refractivity contribution in [3.8, 4) is 0 Å². The highest BCUT2D eigenvalue weighted by atomic mass is 16.5. The highest BCUT2D eigenvalue weighted by Crippen LogP contribution is 2.07. The first-order chi connectivity index (χ1) is 7.24. The minimum Gasteiger partial charge on any atom is -0.349 e. The molecule has 15 heavy (non-hydrogen) atoms. The van der Waals surface area contributed by atoms with Crippen LogP contribution in [-0.4, -0.2) is 42.2 Å². The maximum Gasteiger partial charge on any atom is 0.269 e. The fourth-order valence-corrected chi connectivity index (χ4v) is 1.67. The van der Waals surface area contributed by atoms with Crippen LogP contribution in [0.15, 0.2) is 12.3 Å². The van der Waals surface area contributed by atoms with E-state index in [4.69, 9.17) is 5.21 Å². The normalized spacial score (nSPS) is 17.1. The molecule has 0 atom stereocenters. The largest absolute Gasteiger partial charge is 0.349 e. The molecule has 3 N–H and O–H groups in total. The van der Waals surface area contributed by atoms with Gasteiger partial charge in [0, 0.05) is 13.1 Å². The van der Waals surface area contributed by atoms with Crippen molar-refractivity contribution in [2.24, 2.45) is 0 Å². The first kappa shape index (κ1) is 12.0. The van der Waals surface area contributed by atoms with E-state index in [0.717, 1.165) is 19.6 Å². The summed E-state index contributed by atoms with van der Waals surface area (Å²) in [5.41, 5.74) is 1.71. The van der Waals surface area contributed by atoms with Gasteiger partial charge in [-0.25, -0.2) is 0 Å². The molecule has 0 unspecified atom stereocenters. The Morgan fingerprint density at radius 2 is 2.00 bits per heavy atom. The zero-order valence-corrected chi connectivity index (χ0v) is 8.96. The monoisotopic (exact) mass is 213 g/mol. The standard InChI is InChI=1S/C10H19N3O2/c1-9(12-15)10(14)11-5-8-13-6-3-2-4-7-13/h12,15H,1-8H2,(H,11,14). The van der Waals surface area contributed by atoms with E-state index in [1.54, 1.807) is 5.48 Å². The minimum atomic E-state index is -0.352. The molecule has 1 amide bonds. The van der Waals surface area contributed by atoms with Crippen molar-refractivity contribution in [1.82, 2.24) is 15.7 Å². The zero-order chi connectivity index (χ0) is 11.1. The van der Waals surface area contributed by atoms with Gasteiger partial charge < -0.3 is 10.2 Å². The number of carbonyl (C=O) groups is 1. The quantitative estimate of drug-likeness (QED) is 0.447. The number of hydroxylamine groups is 1. The molecule has 0 aliphatic carbocycles. The zero-order valence-electron chi connectivity index (χ0n) is 8.96. The maximum absolute atomic E-state index is 11.2. The summed E-state index contributed by atoms with van der Waals surface area (Å²) in [6.07, 6.45) is 3.81. The average Bonchev–Trinajstić information content (AvgIpc) is 2.29. The molecular weight excluding hydrogens is 194 g/mol. The Bertz CT molecular complexity index is 225. The number of nitrogens with one attached hydrogen (secondary N) is 2. The van der Waals surface area contributed by atoms with E-state index in [0.29, 0.717) is 6.54 Å². The summed E-state index contributed by atoms with van der Waals surface area (Å²) in [4.78, 5) is 13.5. The second kappa shape index (κ2) is 6.42. The lowest BCUT2D eigenvalue weighted by atomic mass is 10.1. The molecule has 1 aliphatic heterocycles. The Hall–Kier alpha value is -1.07. The number of hydrogen-bond acceptors (Lipinski definition) is 4. The number of likely N-dealkylation sites (tertiary alicyclic amines) is 1. The molecule has 1 heterocycles. The lowest BCUT2D eigenvalue weighted by Gasteiger charge is -2.26. The molecule has 1 fully saturated rings. The van der Waals surface area contributed by atoms with Crippen LogP contribution in [-0.2, 0) is 4.79 Å². The molecule has 0 aromatic heterocycles. The van der Waals surface area contributed by atoms with Gasteiger partial charge in [-0.05, 0) is 25.9 Å². The number of rotatable bonds is 5. The molecule has 1 rings (SSSR count). The van der Waals surface area contributed by atoms with Gasteiger partial charge in [-0.1, -0.05) is 13.0 Å². The third kappa shape index (κ3) is 4.31. The van der Waals surface area contributed by atoms with E-state index >= 15 is 0 Å². The summed E-state index contributed by atoms with van der Waals surface area (Å²) in [5.74, 6) is -0.352. The number of carbonyl (C=O) groups excluding carboxylic acids is 1. The average molecular weight is 213 g/mol. The van der Waals surface area contributed by atoms with E-state index in [2.05, 4.69) is 16.8 Å². The molecule has 5 nitrogen and oxygen atoms in total. The Kier molecular flexibility index (Phi) is 5.14. The summed E-state index contributed by atoms with van der Waals surface area (Å²) in [5, 5.41) is 11.1. The molecule has 0 saturated carbocycles. The van der Waals surface area contributed by atoms with E-state index < -0.39 is 0 Å². The molecule has 5 heteroatoms. The smallest absolute Gasteiger partial charge is 0.269 e. The summed E-state index contributed by atoms with van der Waals surface area (Å²) < 4.78 is 0. The third-order valence-corrected chi connectivity index (χ3v) is 2.57. The summed E-state index contributed by atoms with van der Waals surface area (Å²) in [6.45, 7) is 7.05. The highest BCUT2D eigenvalue weighted by Gasteiger charge is 2.10. The number of piperidine rings is 1. The predicted octanol–water partition coefficient (Wildman–Crippen LogP) is 0.0810. The lowest BCUT2D eigenvalue weighted by Crippen LogP contribution is -2.39. The SMILES string of the molecule is C=C(NO)C(=O)NCCN1CCCCC1. The highest BCUT2D eigenvalue weighted by molar-refractivity contribution is 5.91. The molecular formula is C10H19N3O2. The fraction of sp³-hybridized carbons (Fsp3) is 0.700. The van der Waals surface area contributed by atoms with Gasteiger partial charge in [-0.15, -0.1) is 0 Å². The number of hydrogen-bond donors (Lipinski definition) is 3. The predicted molar refractivity (Wildman–Crippen MR) is 57.4 cm³/mol. The van der Waals surface area contributed by atoms with E-state index in [1.807, 2.05) is 0 Å². The molecule has 0 aromatic rings. The second-order valence-corrected chi connectivity index (χ2v) is 3.75. The van der Waals surface area contributed by atoms with Crippen LogP contribution in [0.2, 0.25) is 0 Å². The van der Waals surface area contributed by atoms with Gasteiger partial charge in [0.05, 0.1) is 0 Å². The first-order valence-electron chi connectivity index (χ1n) is 5.33. The molecule has 1 aliphatic rings. The Morgan fingerprint density at radius 1 is 1.33 bits per heavy atom. The van der Waals surface area contributed by atoms with E-state index in [-0.39, 0.29) is 11.6 Å². The topological polar surface area (TPSA) is 64.6 Å². The molecule has 0 bridgehead atoms. The summed E-state index contributed by atoms with van der Waals surface area (Å²) in [6, 6.07) is 0. The summed E-state index contributed by atoms with van der Waals surface area (Å²) in [7, 11) is 0. The van der Waals surface area contributed by atoms with Crippen LogP contribution in [0.25, 0.3) is 0 Å². The fourth-order valence-electron chi connectivity index (χ4n) is 1.67. The first-order valence-corrected chi connectivity index (χ1v) is 5.33. The van der Waals surface area contributed by atoms with E-state index in [1.165, 1.54) is 19.3 Å². The van der Waals surface area contributed by atoms with Gasteiger partial charge >= 0.3 is 0 Å². The summed E-state index contributed by atoms with van der Waals surface area (Å²) >= 11 is 0. The van der Waals surface area contributed by atoms with Crippen molar-refractivity contribution in [1.29, 1.82) is 0 Å². The van der Waals surface area contributed by atoms with Crippen molar-refractivity contribution in [2.75, 3.05) is 26.2 Å². The van der Waals surface area contributed by atoms with Gasteiger partial charge in [0.2, 0.25) is 0 Å². The van der Waals surface area contributed by atoms with Gasteiger partial charge in [0.1, 0.15) is 5.70 Å². The van der Waals surface area contributed by atoms with Crippen molar-refractivity contribution >= 4 is 5.91 Å². The maximum atomic E-state index is 11.2. The minimum absolute atomic E-state index is 0.0198. The van der Waals surface area contributed by atoms with Crippen LogP contribution in [0.1, 0.15) is 19.3 Å². The lowest BCUT2D eigenvalue weighted by molar-refractivity contribution is -0.118. The molecule has 0 aromatic carbocycles. The van der Waals surface area contributed by atoms with Crippen molar-refractivity contribution < 1.29 is 10.0 Å². The number of nitrogens with zero attached hydrogens (tertiary/aromatic N) is 1. The van der Waals surface area contributed by atoms with Gasteiger partial charge in [-0.2, -0.15) is 0 Å². The molecule has 0 spiro atoms. The van der Waals surface area contributed by atoms with Crippen LogP contribution in [0, 0.1) is 0 Å². The van der Waals surface area contributed by atoms with Crippen LogP contribution in [0.4, 0.5) is 0 Å². The third-order valence-electron chi connectivity index (χ3n) is 2.57. The van der Waals surface area contributed by atoms with Crippen molar-refractivity contribution in [3.63, 3.8) is 0 Å².